The molecule has 4 rings (SSSR count). The first-order valence-electron chi connectivity index (χ1n) is 8.86. The van der Waals surface area contributed by atoms with E-state index in [0.29, 0.717) is 11.3 Å². The summed E-state index contributed by atoms with van der Waals surface area (Å²) >= 11 is 0. The SMILES string of the molecule is O=C(CNC(=O)c1ccccc1)Nc1ccc(-c2cn3ccccc3n2)cc1. The topological polar surface area (TPSA) is 75.5 Å². The molecular weight excluding hydrogens is 352 g/mol. The predicted octanol–water partition coefficient (Wildman–Crippen LogP) is 3.37. The van der Waals surface area contributed by atoms with E-state index >= 15 is 0 Å². The van der Waals surface area contributed by atoms with Gasteiger partial charge in [0.1, 0.15) is 5.65 Å². The molecule has 6 nitrogen and oxygen atoms in total. The highest BCUT2D eigenvalue weighted by atomic mass is 16.2. The number of benzene rings is 2. The number of fused-ring (bicyclic) bond motifs is 1. The van der Waals surface area contributed by atoms with E-state index in [1.54, 1.807) is 24.3 Å². The molecule has 28 heavy (non-hydrogen) atoms. The van der Waals surface area contributed by atoms with Crippen molar-refractivity contribution in [1.29, 1.82) is 0 Å². The lowest BCUT2D eigenvalue weighted by atomic mass is 10.1. The van der Waals surface area contributed by atoms with Gasteiger partial charge >= 0.3 is 0 Å². The number of carbonyl (C=O) groups is 2. The molecule has 0 bridgehead atoms. The molecule has 6 heteroatoms. The Bertz CT molecular complexity index is 1090. The first kappa shape index (κ1) is 17.5. The third kappa shape index (κ3) is 3.91. The van der Waals surface area contributed by atoms with E-state index in [1.807, 2.05) is 65.3 Å². The number of hydrogen-bond donors (Lipinski definition) is 2. The average molecular weight is 370 g/mol. The van der Waals surface area contributed by atoms with E-state index in [2.05, 4.69) is 15.6 Å². The van der Waals surface area contributed by atoms with Crippen molar-refractivity contribution in [3.05, 3.63) is 90.8 Å². The van der Waals surface area contributed by atoms with Crippen LogP contribution < -0.4 is 10.6 Å². The molecule has 2 N–H and O–H groups in total. The van der Waals surface area contributed by atoms with Gasteiger partial charge in [0.2, 0.25) is 5.91 Å². The number of amides is 2. The molecule has 0 saturated heterocycles. The Hall–Kier alpha value is -3.93. The number of nitrogens with one attached hydrogen (secondary N) is 2. The second-order valence-corrected chi connectivity index (χ2v) is 6.27. The van der Waals surface area contributed by atoms with Gasteiger partial charge in [-0.1, -0.05) is 36.4 Å². The minimum atomic E-state index is -0.287. The normalized spacial score (nSPS) is 10.6. The molecule has 4 aromatic rings. The highest BCUT2D eigenvalue weighted by Gasteiger charge is 2.08. The van der Waals surface area contributed by atoms with Crippen LogP contribution in [-0.2, 0) is 4.79 Å². The van der Waals surface area contributed by atoms with Crippen molar-refractivity contribution < 1.29 is 9.59 Å². The number of carbonyl (C=O) groups excluding carboxylic acids is 2. The van der Waals surface area contributed by atoms with Gasteiger partial charge in [0.25, 0.3) is 5.91 Å². The second-order valence-electron chi connectivity index (χ2n) is 6.27. The molecule has 0 atom stereocenters. The molecule has 0 unspecified atom stereocenters. The fraction of sp³-hybridized carbons (Fsp3) is 0.0455. The Kier molecular flexibility index (Phi) is 4.84. The third-order valence-corrected chi connectivity index (χ3v) is 4.27. The van der Waals surface area contributed by atoms with Crippen molar-refractivity contribution in [3.8, 4) is 11.3 Å². The van der Waals surface area contributed by atoms with E-state index in [1.165, 1.54) is 0 Å². The fourth-order valence-corrected chi connectivity index (χ4v) is 2.86. The van der Waals surface area contributed by atoms with Crippen LogP contribution in [0.15, 0.2) is 85.2 Å². The van der Waals surface area contributed by atoms with Gasteiger partial charge in [-0.3, -0.25) is 9.59 Å². The largest absolute Gasteiger partial charge is 0.343 e. The highest BCUT2D eigenvalue weighted by Crippen LogP contribution is 2.21. The maximum atomic E-state index is 12.1. The van der Waals surface area contributed by atoms with E-state index in [0.717, 1.165) is 16.9 Å². The van der Waals surface area contributed by atoms with Crippen molar-refractivity contribution in [1.82, 2.24) is 14.7 Å². The molecule has 0 saturated carbocycles. The Morgan fingerprint density at radius 3 is 2.39 bits per heavy atom. The molecule has 0 spiro atoms. The van der Waals surface area contributed by atoms with Crippen LogP contribution in [0.2, 0.25) is 0 Å². The zero-order chi connectivity index (χ0) is 19.3. The predicted molar refractivity (Wildman–Crippen MR) is 108 cm³/mol. The van der Waals surface area contributed by atoms with Gasteiger partial charge in [0.15, 0.2) is 0 Å². The lowest BCUT2D eigenvalue weighted by Crippen LogP contribution is -2.32. The Morgan fingerprint density at radius 2 is 1.64 bits per heavy atom. The minimum Gasteiger partial charge on any atom is -0.343 e. The van der Waals surface area contributed by atoms with Crippen molar-refractivity contribution in [2.45, 2.75) is 0 Å². The van der Waals surface area contributed by atoms with Gasteiger partial charge in [-0.2, -0.15) is 0 Å². The van der Waals surface area contributed by atoms with E-state index in [9.17, 15) is 9.59 Å². The fourth-order valence-electron chi connectivity index (χ4n) is 2.86. The van der Waals surface area contributed by atoms with Crippen LogP contribution in [0, 0.1) is 0 Å². The third-order valence-electron chi connectivity index (χ3n) is 4.27. The number of aromatic nitrogens is 2. The molecule has 2 aromatic carbocycles. The number of nitrogens with zero attached hydrogens (tertiary/aromatic N) is 2. The van der Waals surface area contributed by atoms with Crippen LogP contribution >= 0.6 is 0 Å². The smallest absolute Gasteiger partial charge is 0.251 e. The van der Waals surface area contributed by atoms with Crippen LogP contribution in [0.5, 0.6) is 0 Å². The van der Waals surface area contributed by atoms with Crippen LogP contribution in [0.4, 0.5) is 5.69 Å². The highest BCUT2D eigenvalue weighted by molar-refractivity contribution is 5.99. The summed E-state index contributed by atoms with van der Waals surface area (Å²) in [5.74, 6) is -0.567. The second kappa shape index (κ2) is 7.75. The minimum absolute atomic E-state index is 0.0953. The summed E-state index contributed by atoms with van der Waals surface area (Å²) in [6, 6.07) is 22.1. The van der Waals surface area contributed by atoms with Gasteiger partial charge in [-0.15, -0.1) is 0 Å². The summed E-state index contributed by atoms with van der Waals surface area (Å²) in [4.78, 5) is 28.6. The molecule has 0 fully saturated rings. The summed E-state index contributed by atoms with van der Waals surface area (Å²) < 4.78 is 1.96. The summed E-state index contributed by atoms with van der Waals surface area (Å²) in [6.45, 7) is -0.0953. The lowest BCUT2D eigenvalue weighted by molar-refractivity contribution is -0.115. The van der Waals surface area contributed by atoms with Gasteiger partial charge in [0.05, 0.1) is 12.2 Å². The summed E-state index contributed by atoms with van der Waals surface area (Å²) in [6.07, 6.45) is 3.91. The maximum Gasteiger partial charge on any atom is 0.251 e. The number of hydrogen-bond acceptors (Lipinski definition) is 3. The summed E-state index contributed by atoms with van der Waals surface area (Å²) in [7, 11) is 0. The molecule has 2 heterocycles. The van der Waals surface area contributed by atoms with Crippen molar-refractivity contribution in [3.63, 3.8) is 0 Å². The Labute approximate surface area is 161 Å². The zero-order valence-corrected chi connectivity index (χ0v) is 15.0. The molecule has 0 aliphatic rings. The van der Waals surface area contributed by atoms with E-state index in [4.69, 9.17) is 0 Å². The van der Waals surface area contributed by atoms with Crippen molar-refractivity contribution in [2.75, 3.05) is 11.9 Å². The first-order chi connectivity index (χ1) is 13.7. The van der Waals surface area contributed by atoms with Crippen LogP contribution in [0.1, 0.15) is 10.4 Å². The lowest BCUT2D eigenvalue weighted by Gasteiger charge is -2.07. The van der Waals surface area contributed by atoms with Gasteiger partial charge in [-0.25, -0.2) is 4.98 Å². The van der Waals surface area contributed by atoms with E-state index in [-0.39, 0.29) is 18.4 Å². The van der Waals surface area contributed by atoms with Crippen LogP contribution in [0.25, 0.3) is 16.9 Å². The number of rotatable bonds is 5. The maximum absolute atomic E-state index is 12.1. The molecular formula is C22H18N4O2. The molecule has 0 radical (unpaired) electrons. The molecule has 0 aliphatic carbocycles. The van der Waals surface area contributed by atoms with Gasteiger partial charge in [-0.05, 0) is 36.4 Å². The van der Waals surface area contributed by atoms with Crippen LogP contribution in [-0.4, -0.2) is 27.7 Å². The standard InChI is InChI=1S/C22H18N4O2/c27-21(14-23-22(28)17-6-2-1-3-7-17)24-18-11-9-16(10-12-18)19-15-26-13-5-4-8-20(26)25-19/h1-13,15H,14H2,(H,23,28)(H,24,27). The molecule has 2 amide bonds. The Balaban J connectivity index is 1.36. The molecule has 2 aromatic heterocycles. The number of pyridine rings is 1. The average Bonchev–Trinajstić information content (AvgIpc) is 3.17. The number of imidazole rings is 1. The molecule has 0 aliphatic heterocycles. The summed E-state index contributed by atoms with van der Waals surface area (Å²) in [5.41, 5.74) is 3.88. The number of anilines is 1. The van der Waals surface area contributed by atoms with Crippen molar-refractivity contribution >= 4 is 23.1 Å². The van der Waals surface area contributed by atoms with Crippen molar-refractivity contribution in [2.24, 2.45) is 0 Å². The molecule has 138 valence electrons. The van der Waals surface area contributed by atoms with Gasteiger partial charge in [0, 0.05) is 29.2 Å². The Morgan fingerprint density at radius 1 is 0.893 bits per heavy atom. The van der Waals surface area contributed by atoms with Crippen LogP contribution in [0.3, 0.4) is 0 Å². The summed E-state index contributed by atoms with van der Waals surface area (Å²) in [5, 5.41) is 5.38. The van der Waals surface area contributed by atoms with E-state index < -0.39 is 0 Å². The first-order valence-corrected chi connectivity index (χ1v) is 8.86. The van der Waals surface area contributed by atoms with Gasteiger partial charge < -0.3 is 15.0 Å². The quantitative estimate of drug-likeness (QED) is 0.566. The zero-order valence-electron chi connectivity index (χ0n) is 15.0. The monoisotopic (exact) mass is 370 g/mol.